The third-order valence-corrected chi connectivity index (χ3v) is 8.62. The van der Waals surface area contributed by atoms with Gasteiger partial charge >= 0.3 is 5.97 Å². The maximum absolute atomic E-state index is 13.0. The zero-order chi connectivity index (χ0) is 19.5. The van der Waals surface area contributed by atoms with Gasteiger partial charge in [-0.1, -0.05) is 11.6 Å². The highest BCUT2D eigenvalue weighted by Crippen LogP contribution is 2.60. The van der Waals surface area contributed by atoms with E-state index in [4.69, 9.17) is 21.1 Å². The first-order valence-corrected chi connectivity index (χ1v) is 11.1. The summed E-state index contributed by atoms with van der Waals surface area (Å²) in [4.78, 5) is 26.0. The van der Waals surface area contributed by atoms with E-state index in [1.54, 1.807) is 7.11 Å². The monoisotopic (exact) mass is 418 g/mol. The van der Waals surface area contributed by atoms with Crippen molar-refractivity contribution in [3.8, 4) is 5.75 Å². The van der Waals surface area contributed by atoms with Crippen LogP contribution in [0.3, 0.4) is 0 Å². The van der Waals surface area contributed by atoms with Crippen LogP contribution in [0.15, 0.2) is 18.2 Å². The fraction of sp³-hybridized carbons (Fsp3) is 0.545. The summed E-state index contributed by atoms with van der Waals surface area (Å²) >= 11 is 7.68. The molecule has 0 unspecified atom stereocenters. The molecule has 4 aliphatic rings. The quantitative estimate of drug-likeness (QED) is 0.601. The van der Waals surface area contributed by atoms with E-state index in [0.717, 1.165) is 29.3 Å². The van der Waals surface area contributed by atoms with Crippen LogP contribution in [0.2, 0.25) is 5.02 Å². The van der Waals surface area contributed by atoms with Gasteiger partial charge in [0, 0.05) is 15.5 Å². The Hall–Kier alpha value is -1.59. The highest BCUT2D eigenvalue weighted by molar-refractivity contribution is 7.21. The van der Waals surface area contributed by atoms with Crippen molar-refractivity contribution >= 4 is 44.8 Å². The van der Waals surface area contributed by atoms with Gasteiger partial charge in [0.1, 0.15) is 10.6 Å². The smallest absolute Gasteiger partial charge is 0.350 e. The number of Topliss-reactive ketones (excluding diaryl/α,β-unsaturated/α-hetero) is 1. The van der Waals surface area contributed by atoms with Crippen molar-refractivity contribution in [2.24, 2.45) is 23.2 Å². The topological polar surface area (TPSA) is 52.6 Å². The van der Waals surface area contributed by atoms with Crippen LogP contribution in [0.25, 0.3) is 10.1 Å². The lowest BCUT2D eigenvalue weighted by atomic mass is 9.48. The molecule has 4 saturated carbocycles. The lowest BCUT2D eigenvalue weighted by Gasteiger charge is -2.55. The molecule has 4 nitrogen and oxygen atoms in total. The Kier molecular flexibility index (Phi) is 4.44. The van der Waals surface area contributed by atoms with Crippen LogP contribution in [0.4, 0.5) is 0 Å². The summed E-state index contributed by atoms with van der Waals surface area (Å²) < 4.78 is 11.5. The highest BCUT2D eigenvalue weighted by Gasteiger charge is 2.54. The van der Waals surface area contributed by atoms with Crippen molar-refractivity contribution in [1.82, 2.24) is 0 Å². The van der Waals surface area contributed by atoms with E-state index in [9.17, 15) is 9.59 Å². The average molecular weight is 419 g/mol. The van der Waals surface area contributed by atoms with Gasteiger partial charge in [0.25, 0.3) is 0 Å². The molecule has 6 heteroatoms. The van der Waals surface area contributed by atoms with Gasteiger partial charge in [-0.25, -0.2) is 4.79 Å². The Bertz CT molecular complexity index is 928. The lowest BCUT2D eigenvalue weighted by Crippen LogP contribution is -2.51. The maximum atomic E-state index is 13.0. The molecule has 1 heterocycles. The molecule has 1 aromatic heterocycles. The third-order valence-electron chi connectivity index (χ3n) is 6.99. The maximum Gasteiger partial charge on any atom is 0.350 e. The second-order valence-corrected chi connectivity index (χ2v) is 10.2. The molecule has 28 heavy (non-hydrogen) atoms. The van der Waals surface area contributed by atoms with E-state index < -0.39 is 5.97 Å². The summed E-state index contributed by atoms with van der Waals surface area (Å²) in [6.45, 7) is -0.140. The predicted octanol–water partition coefficient (Wildman–Crippen LogP) is 5.51. The van der Waals surface area contributed by atoms with E-state index in [1.165, 1.54) is 30.6 Å². The molecule has 1 aromatic carbocycles. The summed E-state index contributed by atoms with van der Waals surface area (Å²) in [7, 11) is 1.60. The van der Waals surface area contributed by atoms with Gasteiger partial charge in [-0.3, -0.25) is 4.79 Å². The van der Waals surface area contributed by atoms with Crippen molar-refractivity contribution in [3.63, 3.8) is 0 Å². The summed E-state index contributed by atoms with van der Waals surface area (Å²) in [5.41, 5.74) is -0.244. The number of methoxy groups -OCH3 is 1. The lowest BCUT2D eigenvalue weighted by molar-refractivity contribution is -0.147. The van der Waals surface area contributed by atoms with Crippen LogP contribution in [-0.4, -0.2) is 25.5 Å². The second-order valence-electron chi connectivity index (χ2n) is 8.80. The Labute approximate surface area is 173 Å². The predicted molar refractivity (Wildman–Crippen MR) is 109 cm³/mol. The van der Waals surface area contributed by atoms with Gasteiger partial charge in [0.2, 0.25) is 0 Å². The van der Waals surface area contributed by atoms with Gasteiger partial charge in [-0.2, -0.15) is 0 Å². The molecule has 0 aliphatic heterocycles. The number of esters is 1. The molecule has 6 rings (SSSR count). The number of carbonyl (C=O) groups excluding carboxylic acids is 2. The number of ketones is 1. The SMILES string of the molecule is COc1ccc2c(Cl)c(C(=O)OCC(=O)C34CC5CC(CC(C5)C3)C4)sc2c1. The van der Waals surface area contributed by atoms with Gasteiger partial charge < -0.3 is 9.47 Å². The summed E-state index contributed by atoms with van der Waals surface area (Å²) in [6, 6.07) is 5.50. The highest BCUT2D eigenvalue weighted by atomic mass is 35.5. The molecule has 0 N–H and O–H groups in total. The Balaban J connectivity index is 1.30. The summed E-state index contributed by atoms with van der Waals surface area (Å²) in [5, 5.41) is 1.18. The van der Waals surface area contributed by atoms with Gasteiger partial charge in [-0.05, 0) is 74.5 Å². The molecule has 0 saturated heterocycles. The van der Waals surface area contributed by atoms with Crippen LogP contribution in [0.1, 0.15) is 48.2 Å². The first kappa shape index (κ1) is 18.4. The van der Waals surface area contributed by atoms with E-state index >= 15 is 0 Å². The van der Waals surface area contributed by atoms with Gasteiger partial charge in [-0.15, -0.1) is 11.3 Å². The Morgan fingerprint density at radius 3 is 2.39 bits per heavy atom. The Morgan fingerprint density at radius 2 is 1.79 bits per heavy atom. The number of fused-ring (bicyclic) bond motifs is 1. The van der Waals surface area contributed by atoms with Crippen molar-refractivity contribution in [2.45, 2.75) is 38.5 Å². The molecule has 0 spiro atoms. The van der Waals surface area contributed by atoms with E-state index in [0.29, 0.717) is 33.4 Å². The first-order chi connectivity index (χ1) is 13.5. The van der Waals surface area contributed by atoms with Crippen LogP contribution in [-0.2, 0) is 9.53 Å². The van der Waals surface area contributed by atoms with E-state index in [1.807, 2.05) is 18.2 Å². The molecular weight excluding hydrogens is 396 g/mol. The fourth-order valence-corrected chi connectivity index (χ4v) is 7.54. The van der Waals surface area contributed by atoms with Crippen molar-refractivity contribution in [2.75, 3.05) is 13.7 Å². The average Bonchev–Trinajstić information content (AvgIpc) is 3.00. The van der Waals surface area contributed by atoms with Crippen LogP contribution >= 0.6 is 22.9 Å². The van der Waals surface area contributed by atoms with Crippen LogP contribution in [0, 0.1) is 23.2 Å². The van der Waals surface area contributed by atoms with Gasteiger partial charge in [0.15, 0.2) is 12.4 Å². The number of ether oxygens (including phenoxy) is 2. The standard InChI is InChI=1S/C22H23ClO4S/c1-26-15-2-3-16-17(7-15)28-20(19(16)23)21(25)27-11-18(24)22-8-12-4-13(9-22)6-14(5-12)10-22/h2-3,7,12-14H,4-6,8-11H2,1H3. The first-order valence-electron chi connectivity index (χ1n) is 9.94. The molecule has 4 aliphatic carbocycles. The third kappa shape index (κ3) is 2.94. The summed E-state index contributed by atoms with van der Waals surface area (Å²) in [5.74, 6) is 2.39. The molecule has 4 fully saturated rings. The minimum absolute atomic E-state index is 0.110. The number of benzene rings is 1. The molecule has 148 valence electrons. The molecule has 0 atom stereocenters. The molecular formula is C22H23ClO4S. The van der Waals surface area contributed by atoms with E-state index in [2.05, 4.69) is 0 Å². The normalized spacial score (nSPS) is 30.6. The number of carbonyl (C=O) groups is 2. The number of rotatable bonds is 5. The molecule has 4 bridgehead atoms. The number of halogens is 1. The molecule has 0 radical (unpaired) electrons. The van der Waals surface area contributed by atoms with Crippen molar-refractivity contribution in [3.05, 3.63) is 28.1 Å². The van der Waals surface area contributed by atoms with Gasteiger partial charge in [0.05, 0.1) is 12.1 Å². The fourth-order valence-electron chi connectivity index (χ4n) is 6.11. The van der Waals surface area contributed by atoms with Crippen LogP contribution in [0.5, 0.6) is 5.75 Å². The zero-order valence-electron chi connectivity index (χ0n) is 15.8. The number of hydrogen-bond donors (Lipinski definition) is 0. The largest absolute Gasteiger partial charge is 0.497 e. The minimum atomic E-state index is -0.511. The minimum Gasteiger partial charge on any atom is -0.497 e. The number of thiophene rings is 1. The Morgan fingerprint density at radius 1 is 1.14 bits per heavy atom. The molecule has 0 amide bonds. The zero-order valence-corrected chi connectivity index (χ0v) is 17.4. The second kappa shape index (κ2) is 6.74. The number of hydrogen-bond acceptors (Lipinski definition) is 5. The molecule has 2 aromatic rings. The van der Waals surface area contributed by atoms with Crippen LogP contribution < -0.4 is 4.74 Å². The summed E-state index contributed by atoms with van der Waals surface area (Å²) in [6.07, 6.45) is 6.81. The van der Waals surface area contributed by atoms with E-state index in [-0.39, 0.29) is 17.8 Å². The van der Waals surface area contributed by atoms with Crippen molar-refractivity contribution in [1.29, 1.82) is 0 Å². The van der Waals surface area contributed by atoms with Crippen molar-refractivity contribution < 1.29 is 19.1 Å².